The van der Waals surface area contributed by atoms with Gasteiger partial charge in [-0.05, 0) is 29.0 Å². The van der Waals surface area contributed by atoms with Crippen LogP contribution in [-0.2, 0) is 22.1 Å². The van der Waals surface area contributed by atoms with Crippen LogP contribution < -0.4 is 4.90 Å². The molecule has 0 radical (unpaired) electrons. The van der Waals surface area contributed by atoms with Gasteiger partial charge in [-0.25, -0.2) is 8.42 Å². The van der Waals surface area contributed by atoms with E-state index in [1.54, 1.807) is 6.07 Å². The molecule has 0 spiro atoms. The van der Waals surface area contributed by atoms with Gasteiger partial charge in [0.2, 0.25) is 5.82 Å². The Hall–Kier alpha value is -2.68. The van der Waals surface area contributed by atoms with Gasteiger partial charge in [0.1, 0.15) is 5.76 Å². The van der Waals surface area contributed by atoms with E-state index in [0.717, 1.165) is 11.3 Å². The zero-order valence-corrected chi connectivity index (χ0v) is 13.5. The highest BCUT2D eigenvalue weighted by atomic mass is 32.2. The molecule has 4 rings (SSSR count). The Labute approximate surface area is 138 Å². The van der Waals surface area contributed by atoms with Crippen molar-refractivity contribution in [1.82, 2.24) is 20.6 Å². The fourth-order valence-electron chi connectivity index (χ4n) is 2.82. The summed E-state index contributed by atoms with van der Waals surface area (Å²) in [4.78, 5) is 2.03. The highest BCUT2D eigenvalue weighted by Gasteiger charge is 2.24. The molecule has 0 atom stereocenters. The first-order valence-electron chi connectivity index (χ1n) is 7.46. The Morgan fingerprint density at radius 2 is 2.08 bits per heavy atom. The van der Waals surface area contributed by atoms with E-state index in [9.17, 15) is 8.42 Å². The number of rotatable bonds is 3. The van der Waals surface area contributed by atoms with E-state index in [-0.39, 0.29) is 11.5 Å². The predicted octanol–water partition coefficient (Wildman–Crippen LogP) is 1.39. The lowest BCUT2D eigenvalue weighted by molar-refractivity contribution is 0.512. The third kappa shape index (κ3) is 2.90. The number of aromatic nitrogens is 4. The van der Waals surface area contributed by atoms with Crippen LogP contribution in [0.2, 0.25) is 0 Å². The second kappa shape index (κ2) is 5.75. The third-order valence-electron chi connectivity index (χ3n) is 3.95. The number of anilines is 1. The van der Waals surface area contributed by atoms with E-state index >= 15 is 0 Å². The van der Waals surface area contributed by atoms with Crippen molar-refractivity contribution in [3.05, 3.63) is 47.7 Å². The van der Waals surface area contributed by atoms with E-state index in [2.05, 4.69) is 20.6 Å². The molecule has 3 aromatic rings. The maximum absolute atomic E-state index is 12.1. The minimum absolute atomic E-state index is 0.0753. The number of hydrogen-bond donors (Lipinski definition) is 1. The molecule has 2 aromatic heterocycles. The molecule has 1 aromatic carbocycles. The number of benzene rings is 1. The van der Waals surface area contributed by atoms with E-state index in [4.69, 9.17) is 4.42 Å². The molecule has 0 aliphatic carbocycles. The van der Waals surface area contributed by atoms with E-state index < -0.39 is 9.84 Å². The molecule has 0 saturated heterocycles. The summed E-state index contributed by atoms with van der Waals surface area (Å²) in [6.07, 6.45) is 0. The van der Waals surface area contributed by atoms with Gasteiger partial charge in [-0.3, -0.25) is 0 Å². The van der Waals surface area contributed by atoms with Crippen molar-refractivity contribution in [2.45, 2.75) is 12.3 Å². The lowest BCUT2D eigenvalue weighted by Gasteiger charge is -2.23. The molecule has 8 nitrogen and oxygen atoms in total. The van der Waals surface area contributed by atoms with Gasteiger partial charge in [-0.15, -0.1) is 10.2 Å². The first-order chi connectivity index (χ1) is 11.6. The lowest BCUT2D eigenvalue weighted by Crippen LogP contribution is -2.26. The number of fused-ring (bicyclic) bond motifs is 1. The number of aromatic amines is 1. The van der Waals surface area contributed by atoms with Gasteiger partial charge in [-0.2, -0.15) is 5.21 Å². The molecule has 3 heterocycles. The number of nitrogens with zero attached hydrogens (tertiary/aromatic N) is 4. The molecule has 1 aliphatic rings. The molecule has 0 bridgehead atoms. The number of sulfone groups is 1. The zero-order chi connectivity index (χ0) is 16.6. The van der Waals surface area contributed by atoms with Crippen molar-refractivity contribution < 1.29 is 12.8 Å². The summed E-state index contributed by atoms with van der Waals surface area (Å²) < 4.78 is 30.0. The van der Waals surface area contributed by atoms with Crippen molar-refractivity contribution in [1.29, 1.82) is 0 Å². The van der Waals surface area contributed by atoms with Crippen molar-refractivity contribution in [3.8, 4) is 11.6 Å². The molecule has 24 heavy (non-hydrogen) atoms. The van der Waals surface area contributed by atoms with E-state index in [1.807, 2.05) is 35.2 Å². The molecule has 9 heteroatoms. The number of furan rings is 1. The van der Waals surface area contributed by atoms with Gasteiger partial charge in [0.05, 0.1) is 18.1 Å². The Morgan fingerprint density at radius 3 is 2.92 bits per heavy atom. The summed E-state index contributed by atoms with van der Waals surface area (Å²) in [5.41, 5.74) is 1.75. The van der Waals surface area contributed by atoms with Gasteiger partial charge in [0, 0.05) is 12.2 Å². The minimum Gasteiger partial charge on any atom is -0.456 e. The average Bonchev–Trinajstić information content (AvgIpc) is 3.21. The van der Waals surface area contributed by atoms with E-state index in [0.29, 0.717) is 30.4 Å². The second-order valence-corrected chi connectivity index (χ2v) is 7.83. The highest BCUT2D eigenvalue weighted by molar-refractivity contribution is 7.90. The Balaban J connectivity index is 1.63. The van der Waals surface area contributed by atoms with Crippen LogP contribution >= 0.6 is 0 Å². The lowest BCUT2D eigenvalue weighted by atomic mass is 10.2. The van der Waals surface area contributed by atoms with Crippen LogP contribution in [-0.4, -0.2) is 41.3 Å². The highest BCUT2D eigenvalue weighted by Crippen LogP contribution is 2.28. The van der Waals surface area contributed by atoms with Crippen molar-refractivity contribution >= 4 is 15.5 Å². The van der Waals surface area contributed by atoms with Gasteiger partial charge in [0.25, 0.3) is 0 Å². The predicted molar refractivity (Wildman–Crippen MR) is 86.9 cm³/mol. The largest absolute Gasteiger partial charge is 0.456 e. The summed E-state index contributed by atoms with van der Waals surface area (Å²) in [7, 11) is -3.09. The maximum atomic E-state index is 12.1. The van der Waals surface area contributed by atoms with Crippen LogP contribution in [0.4, 0.5) is 5.69 Å². The van der Waals surface area contributed by atoms with Crippen molar-refractivity contribution in [3.63, 3.8) is 0 Å². The Morgan fingerprint density at radius 1 is 1.21 bits per heavy atom. The SMILES string of the molecule is O=S1(=O)CCN(Cc2ccc(-c3nn[nH]n3)o2)c2ccccc2C1. The fourth-order valence-corrected chi connectivity index (χ4v) is 4.18. The number of H-pyrrole nitrogens is 1. The fraction of sp³-hybridized carbons (Fsp3) is 0.267. The molecule has 0 unspecified atom stereocenters. The van der Waals surface area contributed by atoms with Crippen LogP contribution in [0.1, 0.15) is 11.3 Å². The summed E-state index contributed by atoms with van der Waals surface area (Å²) in [6, 6.07) is 11.2. The Bertz CT molecular complexity index is 949. The quantitative estimate of drug-likeness (QED) is 0.765. The minimum atomic E-state index is -3.09. The Kier molecular flexibility index (Phi) is 3.57. The monoisotopic (exact) mass is 345 g/mol. The normalized spacial score (nSPS) is 16.6. The molecular formula is C15H15N5O3S. The van der Waals surface area contributed by atoms with Gasteiger partial charge < -0.3 is 9.32 Å². The number of tetrazole rings is 1. The summed E-state index contributed by atoms with van der Waals surface area (Å²) in [5, 5.41) is 13.7. The first-order valence-corrected chi connectivity index (χ1v) is 9.29. The van der Waals surface area contributed by atoms with Crippen LogP contribution in [0.15, 0.2) is 40.8 Å². The molecule has 0 saturated carbocycles. The molecule has 0 fully saturated rings. The molecule has 1 aliphatic heterocycles. The van der Waals surface area contributed by atoms with E-state index in [1.165, 1.54) is 0 Å². The molecule has 0 amide bonds. The smallest absolute Gasteiger partial charge is 0.239 e. The summed E-state index contributed by atoms with van der Waals surface area (Å²) >= 11 is 0. The van der Waals surface area contributed by atoms with Crippen LogP contribution in [0, 0.1) is 0 Å². The number of para-hydroxylation sites is 1. The zero-order valence-electron chi connectivity index (χ0n) is 12.7. The van der Waals surface area contributed by atoms with Crippen molar-refractivity contribution in [2.75, 3.05) is 17.2 Å². The summed E-state index contributed by atoms with van der Waals surface area (Å²) in [5.74, 6) is 1.82. The maximum Gasteiger partial charge on any atom is 0.239 e. The summed E-state index contributed by atoms with van der Waals surface area (Å²) in [6.45, 7) is 0.905. The van der Waals surface area contributed by atoms with Gasteiger partial charge in [0.15, 0.2) is 15.6 Å². The molecule has 124 valence electrons. The molecule has 1 N–H and O–H groups in total. The van der Waals surface area contributed by atoms with Crippen molar-refractivity contribution in [2.24, 2.45) is 0 Å². The second-order valence-electron chi connectivity index (χ2n) is 5.64. The average molecular weight is 345 g/mol. The van der Waals surface area contributed by atoms with Crippen LogP contribution in [0.25, 0.3) is 11.6 Å². The topological polar surface area (TPSA) is 105 Å². The standard InChI is InChI=1S/C15H15N5O3S/c21-24(22)8-7-20(13-4-2-1-3-11(13)10-24)9-12-5-6-14(23-12)15-16-18-19-17-15/h1-6H,7-10H2,(H,16,17,18,19). The number of hydrogen-bond acceptors (Lipinski definition) is 7. The van der Waals surface area contributed by atoms with Crippen LogP contribution in [0.5, 0.6) is 0 Å². The van der Waals surface area contributed by atoms with Crippen LogP contribution in [0.3, 0.4) is 0 Å². The molecular weight excluding hydrogens is 330 g/mol. The van der Waals surface area contributed by atoms with Gasteiger partial charge in [-0.1, -0.05) is 18.2 Å². The number of nitrogens with one attached hydrogen (secondary N) is 1. The van der Waals surface area contributed by atoms with Gasteiger partial charge >= 0.3 is 0 Å². The first kappa shape index (κ1) is 14.9. The third-order valence-corrected chi connectivity index (χ3v) is 5.51.